The lowest BCUT2D eigenvalue weighted by atomic mass is 10.2. The molecule has 1 aromatic heterocycles. The SMILES string of the molecule is NCc1ncn([C@H]2CC(O)[C@@H](CO)O2)c1N. The summed E-state index contributed by atoms with van der Waals surface area (Å²) in [6.07, 6.45) is 0.288. The number of ether oxygens (including phenoxy) is 1. The number of aliphatic hydroxyl groups excluding tert-OH is 2. The van der Waals surface area contributed by atoms with E-state index in [0.29, 0.717) is 17.9 Å². The van der Waals surface area contributed by atoms with Crippen LogP contribution in [-0.2, 0) is 11.3 Å². The van der Waals surface area contributed by atoms with Gasteiger partial charge in [0.15, 0.2) is 0 Å². The largest absolute Gasteiger partial charge is 0.394 e. The van der Waals surface area contributed by atoms with Crippen molar-refractivity contribution in [3.63, 3.8) is 0 Å². The highest BCUT2D eigenvalue weighted by Crippen LogP contribution is 2.30. The number of hydrogen-bond donors (Lipinski definition) is 4. The Morgan fingerprint density at radius 2 is 2.38 bits per heavy atom. The molecule has 0 amide bonds. The first-order valence-corrected chi connectivity index (χ1v) is 5.13. The molecule has 1 unspecified atom stereocenters. The zero-order chi connectivity index (χ0) is 11.7. The average Bonchev–Trinajstić information content (AvgIpc) is 2.81. The minimum Gasteiger partial charge on any atom is -0.394 e. The van der Waals surface area contributed by atoms with Gasteiger partial charge in [0.05, 0.1) is 24.7 Å². The molecular formula is C9H16N4O3. The minimum atomic E-state index is -0.682. The maximum Gasteiger partial charge on any atom is 0.139 e. The van der Waals surface area contributed by atoms with Crippen molar-refractivity contribution >= 4 is 5.82 Å². The quantitative estimate of drug-likeness (QED) is 0.503. The van der Waals surface area contributed by atoms with E-state index in [0.717, 1.165) is 0 Å². The summed E-state index contributed by atoms with van der Waals surface area (Å²) in [6, 6.07) is 0. The van der Waals surface area contributed by atoms with E-state index < -0.39 is 12.2 Å². The molecule has 1 aliphatic rings. The fourth-order valence-corrected chi connectivity index (χ4v) is 1.85. The van der Waals surface area contributed by atoms with Crippen molar-refractivity contribution in [2.45, 2.75) is 31.4 Å². The van der Waals surface area contributed by atoms with Crippen molar-refractivity contribution in [2.24, 2.45) is 5.73 Å². The normalized spacial score (nSPS) is 29.8. The molecule has 2 rings (SSSR count). The van der Waals surface area contributed by atoms with E-state index in [1.807, 2.05) is 0 Å². The first-order valence-electron chi connectivity index (χ1n) is 5.13. The van der Waals surface area contributed by atoms with Gasteiger partial charge in [-0.15, -0.1) is 0 Å². The second-order valence-electron chi connectivity index (χ2n) is 3.80. The van der Waals surface area contributed by atoms with E-state index in [2.05, 4.69) is 4.98 Å². The van der Waals surface area contributed by atoms with Crippen LogP contribution >= 0.6 is 0 Å². The summed E-state index contributed by atoms with van der Waals surface area (Å²) in [7, 11) is 0. The van der Waals surface area contributed by atoms with Crippen molar-refractivity contribution in [1.82, 2.24) is 9.55 Å². The molecule has 7 heteroatoms. The average molecular weight is 228 g/mol. The molecule has 16 heavy (non-hydrogen) atoms. The van der Waals surface area contributed by atoms with Crippen molar-refractivity contribution < 1.29 is 14.9 Å². The molecule has 6 N–H and O–H groups in total. The van der Waals surface area contributed by atoms with Crippen LogP contribution in [-0.4, -0.2) is 38.6 Å². The molecule has 1 saturated heterocycles. The standard InChI is InChI=1S/C9H16N4O3/c10-2-5-9(11)13(4-12-5)8-1-6(15)7(3-14)16-8/h4,6-8,14-15H,1-3,10-11H2/t6?,7-,8-/m1/s1. The summed E-state index contributed by atoms with van der Waals surface area (Å²) in [5.41, 5.74) is 11.9. The summed E-state index contributed by atoms with van der Waals surface area (Å²) >= 11 is 0. The molecule has 2 heterocycles. The van der Waals surface area contributed by atoms with Gasteiger partial charge in [-0.25, -0.2) is 4.98 Å². The van der Waals surface area contributed by atoms with E-state index in [4.69, 9.17) is 21.3 Å². The topological polar surface area (TPSA) is 120 Å². The van der Waals surface area contributed by atoms with Gasteiger partial charge in [-0.1, -0.05) is 0 Å². The first kappa shape index (κ1) is 11.3. The third-order valence-electron chi connectivity index (χ3n) is 2.80. The van der Waals surface area contributed by atoms with Gasteiger partial charge in [0.1, 0.15) is 18.1 Å². The molecule has 7 nitrogen and oxygen atoms in total. The lowest BCUT2D eigenvalue weighted by molar-refractivity contribution is -0.0437. The van der Waals surface area contributed by atoms with Crippen molar-refractivity contribution in [3.05, 3.63) is 12.0 Å². The molecule has 90 valence electrons. The molecular weight excluding hydrogens is 212 g/mol. The fraction of sp³-hybridized carbons (Fsp3) is 0.667. The Morgan fingerprint density at radius 3 is 2.88 bits per heavy atom. The summed E-state index contributed by atoms with van der Waals surface area (Å²) in [5, 5.41) is 18.6. The maximum atomic E-state index is 9.59. The van der Waals surface area contributed by atoms with E-state index in [9.17, 15) is 5.11 Å². The molecule has 1 aliphatic heterocycles. The summed E-state index contributed by atoms with van der Waals surface area (Å²) in [5.74, 6) is 0.443. The zero-order valence-electron chi connectivity index (χ0n) is 8.78. The molecule has 0 saturated carbocycles. The number of anilines is 1. The predicted octanol–water partition coefficient (Wildman–Crippen LogP) is -1.44. The zero-order valence-corrected chi connectivity index (χ0v) is 8.78. The molecule has 0 aromatic carbocycles. The van der Waals surface area contributed by atoms with E-state index in [1.165, 1.54) is 6.33 Å². The van der Waals surface area contributed by atoms with E-state index in [1.54, 1.807) is 4.57 Å². The van der Waals surface area contributed by atoms with Crippen LogP contribution in [0.25, 0.3) is 0 Å². The number of nitrogens with zero attached hydrogens (tertiary/aromatic N) is 2. The van der Waals surface area contributed by atoms with Gasteiger partial charge in [0.2, 0.25) is 0 Å². The van der Waals surface area contributed by atoms with E-state index in [-0.39, 0.29) is 19.4 Å². The van der Waals surface area contributed by atoms with Crippen LogP contribution in [0.5, 0.6) is 0 Å². The highest BCUT2D eigenvalue weighted by atomic mass is 16.5. The van der Waals surface area contributed by atoms with Gasteiger partial charge in [-0.05, 0) is 0 Å². The maximum absolute atomic E-state index is 9.59. The second-order valence-corrected chi connectivity index (χ2v) is 3.80. The van der Waals surface area contributed by atoms with Gasteiger partial charge in [-0.3, -0.25) is 4.57 Å². The first-order chi connectivity index (χ1) is 7.67. The number of nitrogen functional groups attached to an aromatic ring is 1. The van der Waals surface area contributed by atoms with Crippen LogP contribution in [0.15, 0.2) is 6.33 Å². The van der Waals surface area contributed by atoms with Crippen LogP contribution in [0.4, 0.5) is 5.82 Å². The highest BCUT2D eigenvalue weighted by molar-refractivity contribution is 5.36. The lowest BCUT2D eigenvalue weighted by Gasteiger charge is -2.14. The predicted molar refractivity (Wildman–Crippen MR) is 56.2 cm³/mol. The monoisotopic (exact) mass is 228 g/mol. The molecule has 0 spiro atoms. The van der Waals surface area contributed by atoms with Crippen LogP contribution in [0, 0.1) is 0 Å². The van der Waals surface area contributed by atoms with Gasteiger partial charge in [0.25, 0.3) is 0 Å². The summed E-state index contributed by atoms with van der Waals surface area (Å²) < 4.78 is 7.08. The van der Waals surface area contributed by atoms with Crippen LogP contribution in [0.2, 0.25) is 0 Å². The summed E-state index contributed by atoms with van der Waals surface area (Å²) in [4.78, 5) is 4.04. The smallest absolute Gasteiger partial charge is 0.139 e. The number of hydrogen-bond acceptors (Lipinski definition) is 6. The molecule has 3 atom stereocenters. The van der Waals surface area contributed by atoms with Gasteiger partial charge in [0, 0.05) is 13.0 Å². The Morgan fingerprint density at radius 1 is 1.62 bits per heavy atom. The number of nitrogens with two attached hydrogens (primary N) is 2. The van der Waals surface area contributed by atoms with E-state index >= 15 is 0 Å². The van der Waals surface area contributed by atoms with Crippen LogP contribution < -0.4 is 11.5 Å². The Hall–Kier alpha value is -1.15. The van der Waals surface area contributed by atoms with Gasteiger partial charge >= 0.3 is 0 Å². The third kappa shape index (κ3) is 1.78. The lowest BCUT2D eigenvalue weighted by Crippen LogP contribution is -2.24. The van der Waals surface area contributed by atoms with Crippen molar-refractivity contribution in [2.75, 3.05) is 12.3 Å². The minimum absolute atomic E-state index is 0.212. The van der Waals surface area contributed by atoms with Gasteiger partial charge in [-0.2, -0.15) is 0 Å². The van der Waals surface area contributed by atoms with Crippen LogP contribution in [0.3, 0.4) is 0 Å². The van der Waals surface area contributed by atoms with Crippen molar-refractivity contribution in [3.8, 4) is 0 Å². The second kappa shape index (κ2) is 4.38. The van der Waals surface area contributed by atoms with Gasteiger partial charge < -0.3 is 26.4 Å². The Kier molecular flexibility index (Phi) is 3.10. The van der Waals surface area contributed by atoms with Crippen LogP contribution in [0.1, 0.15) is 18.3 Å². The molecule has 0 radical (unpaired) electrons. The number of aromatic nitrogens is 2. The van der Waals surface area contributed by atoms with Crippen molar-refractivity contribution in [1.29, 1.82) is 0 Å². The molecule has 0 aliphatic carbocycles. The number of imidazole rings is 1. The Labute approximate surface area is 92.6 Å². The third-order valence-corrected chi connectivity index (χ3v) is 2.80. The molecule has 1 fully saturated rings. The fourth-order valence-electron chi connectivity index (χ4n) is 1.85. The molecule has 1 aromatic rings. The Balaban J connectivity index is 2.17. The number of aliphatic hydroxyl groups is 2. The summed E-state index contributed by atoms with van der Waals surface area (Å²) in [6.45, 7) is 0.0492. The molecule has 0 bridgehead atoms. The number of rotatable bonds is 3. The Bertz CT molecular complexity index is 368. The highest BCUT2D eigenvalue weighted by Gasteiger charge is 2.35.